The van der Waals surface area contributed by atoms with Gasteiger partial charge in [-0.2, -0.15) is 0 Å². The molecule has 3 heteroatoms. The number of rotatable bonds is 4. The van der Waals surface area contributed by atoms with Crippen LogP contribution in [0.5, 0.6) is 0 Å². The number of Topliss-reactive ketones (excluding diaryl/α,β-unsaturated/α-hetero) is 1. The number of allylic oxidation sites excluding steroid dienone is 3. The van der Waals surface area contributed by atoms with Gasteiger partial charge in [-0.1, -0.05) is 111 Å². The van der Waals surface area contributed by atoms with Crippen LogP contribution in [-0.4, -0.2) is 20.2 Å². The van der Waals surface area contributed by atoms with Gasteiger partial charge in [-0.15, -0.1) is 0 Å². The Bertz CT molecular complexity index is 1200. The summed E-state index contributed by atoms with van der Waals surface area (Å²) in [7, 11) is -2.54. The van der Waals surface area contributed by atoms with Gasteiger partial charge in [0.2, 0.25) is 0 Å². The summed E-state index contributed by atoms with van der Waals surface area (Å²) in [6.07, 6.45) is 11.2. The lowest BCUT2D eigenvalue weighted by molar-refractivity contribution is -0.127. The molecule has 0 radical (unpaired) electrons. The molecule has 2 nitrogen and oxygen atoms in total. The van der Waals surface area contributed by atoms with E-state index >= 15 is 0 Å². The Morgan fingerprint density at radius 3 is 2.16 bits per heavy atom. The maximum absolute atomic E-state index is 12.7. The van der Waals surface area contributed by atoms with Crippen LogP contribution in [0.2, 0.25) is 5.04 Å². The summed E-state index contributed by atoms with van der Waals surface area (Å²) in [4.78, 5) is 12.7. The molecule has 6 rings (SSSR count). The minimum atomic E-state index is -2.54. The van der Waals surface area contributed by atoms with Crippen molar-refractivity contribution in [2.24, 2.45) is 17.3 Å². The Kier molecular flexibility index (Phi) is 6.23. The van der Waals surface area contributed by atoms with E-state index < -0.39 is 8.32 Å². The quantitative estimate of drug-likeness (QED) is 0.323. The summed E-state index contributed by atoms with van der Waals surface area (Å²) in [5.41, 5.74) is 4.87. The van der Waals surface area contributed by atoms with Crippen LogP contribution in [0, 0.1) is 17.3 Å². The van der Waals surface area contributed by atoms with Crippen molar-refractivity contribution < 1.29 is 9.22 Å². The molecule has 0 saturated heterocycles. The van der Waals surface area contributed by atoms with Crippen LogP contribution < -0.4 is 10.4 Å². The lowest BCUT2D eigenvalue weighted by atomic mass is 9.58. The molecule has 37 heavy (non-hydrogen) atoms. The highest BCUT2D eigenvalue weighted by atomic mass is 28.4. The summed E-state index contributed by atoms with van der Waals surface area (Å²) in [6.45, 7) is 9.39. The highest BCUT2D eigenvalue weighted by Gasteiger charge is 2.54. The minimum absolute atomic E-state index is 0.00678. The molecule has 0 aromatic heterocycles. The molecule has 4 aliphatic rings. The van der Waals surface area contributed by atoms with Crippen molar-refractivity contribution in [3.8, 4) is 0 Å². The second-order valence-electron chi connectivity index (χ2n) is 13.2. The molecule has 2 aromatic carbocycles. The van der Waals surface area contributed by atoms with Crippen molar-refractivity contribution in [2.45, 2.75) is 90.2 Å². The van der Waals surface area contributed by atoms with E-state index in [1.807, 2.05) is 0 Å². The fourth-order valence-corrected chi connectivity index (χ4v) is 13.1. The number of benzene rings is 2. The third kappa shape index (κ3) is 3.96. The number of fused-ring (bicyclic) bond motifs is 4. The molecule has 194 valence electrons. The maximum Gasteiger partial charge on any atom is 0.261 e. The highest BCUT2D eigenvalue weighted by Crippen LogP contribution is 2.58. The van der Waals surface area contributed by atoms with Crippen LogP contribution >= 0.6 is 0 Å². The molecule has 2 fully saturated rings. The lowest BCUT2D eigenvalue weighted by Crippen LogP contribution is -2.67. The Balaban J connectivity index is 1.31. The Hall–Kier alpha value is -2.23. The number of carbonyl (C=O) groups is 1. The van der Waals surface area contributed by atoms with Gasteiger partial charge in [0, 0.05) is 23.9 Å². The van der Waals surface area contributed by atoms with Crippen molar-refractivity contribution in [2.75, 3.05) is 0 Å². The Labute approximate surface area is 224 Å². The number of carbonyl (C=O) groups excluding carboxylic acids is 1. The van der Waals surface area contributed by atoms with Gasteiger partial charge < -0.3 is 4.43 Å². The topological polar surface area (TPSA) is 26.3 Å². The van der Waals surface area contributed by atoms with E-state index in [0.717, 1.165) is 51.4 Å². The molecule has 0 spiro atoms. The first kappa shape index (κ1) is 25.1. The van der Waals surface area contributed by atoms with Gasteiger partial charge in [-0.25, -0.2) is 0 Å². The second kappa shape index (κ2) is 9.20. The van der Waals surface area contributed by atoms with Crippen LogP contribution in [0.1, 0.15) is 79.1 Å². The number of ketones is 1. The summed E-state index contributed by atoms with van der Waals surface area (Å²) in [5.74, 6) is 1.58. The zero-order valence-electron chi connectivity index (χ0n) is 23.1. The first-order chi connectivity index (χ1) is 17.7. The second-order valence-corrected chi connectivity index (χ2v) is 17.5. The molecule has 4 aliphatic carbocycles. The van der Waals surface area contributed by atoms with E-state index in [-0.39, 0.29) is 16.6 Å². The minimum Gasteiger partial charge on any atom is -0.404 e. The van der Waals surface area contributed by atoms with Crippen molar-refractivity contribution in [3.05, 3.63) is 83.5 Å². The molecular formula is C34H42O2Si. The Morgan fingerprint density at radius 2 is 1.54 bits per heavy atom. The van der Waals surface area contributed by atoms with Gasteiger partial charge >= 0.3 is 0 Å². The molecule has 0 heterocycles. The fraction of sp³-hybridized carbons (Fsp3) is 0.500. The zero-order valence-corrected chi connectivity index (χ0v) is 24.1. The highest BCUT2D eigenvalue weighted by molar-refractivity contribution is 6.99. The molecule has 0 N–H and O–H groups in total. The Morgan fingerprint density at radius 1 is 0.892 bits per heavy atom. The van der Waals surface area contributed by atoms with Crippen molar-refractivity contribution in [1.82, 2.24) is 0 Å². The summed E-state index contributed by atoms with van der Waals surface area (Å²) >= 11 is 0. The van der Waals surface area contributed by atoms with Crippen LogP contribution in [0.4, 0.5) is 0 Å². The molecule has 2 saturated carbocycles. The average Bonchev–Trinajstić information content (AvgIpc) is 3.21. The largest absolute Gasteiger partial charge is 0.404 e. The van der Waals surface area contributed by atoms with Gasteiger partial charge in [0.15, 0.2) is 0 Å². The molecule has 0 aliphatic heterocycles. The predicted molar refractivity (Wildman–Crippen MR) is 155 cm³/mol. The predicted octanol–water partition coefficient (Wildman–Crippen LogP) is 7.14. The lowest BCUT2D eigenvalue weighted by Gasteiger charge is -2.48. The van der Waals surface area contributed by atoms with Crippen molar-refractivity contribution >= 4 is 24.5 Å². The monoisotopic (exact) mass is 510 g/mol. The van der Waals surface area contributed by atoms with Gasteiger partial charge in [0.1, 0.15) is 5.78 Å². The summed E-state index contributed by atoms with van der Waals surface area (Å²) in [5, 5.41) is 2.75. The van der Waals surface area contributed by atoms with Crippen molar-refractivity contribution in [1.29, 1.82) is 0 Å². The average molecular weight is 511 g/mol. The van der Waals surface area contributed by atoms with Gasteiger partial charge in [-0.3, -0.25) is 4.79 Å². The smallest absolute Gasteiger partial charge is 0.261 e. The third-order valence-electron chi connectivity index (χ3n) is 10.3. The zero-order chi connectivity index (χ0) is 25.8. The van der Waals surface area contributed by atoms with Crippen molar-refractivity contribution in [3.63, 3.8) is 0 Å². The van der Waals surface area contributed by atoms with Crippen LogP contribution in [-0.2, 0) is 9.22 Å². The standard InChI is InChI=1S/C34H42O2Si/c1-33(2,3)37(26-11-7-5-8-12-26,27-13-9-6-10-14-27)36-25-16-18-28-24(23-25)15-17-30-29(28)21-22-34(4)31(30)19-20-32(34)35/h5-14,17,25,29,31H,15-16,18-23H2,1-4H3/t25?,29-,31+,34+/m1/s1. The first-order valence-corrected chi connectivity index (χ1v) is 16.4. The third-order valence-corrected chi connectivity index (χ3v) is 15.3. The molecule has 1 unspecified atom stereocenters. The SMILES string of the molecule is CC(C)(C)[Si](OC1CCC2=C(CC=C3[C@@H]2CC[C@]2(C)C(=O)CC[C@@H]32)C1)(c1ccccc1)c1ccccc1. The van der Waals surface area contributed by atoms with Gasteiger partial charge in [0.05, 0.1) is 0 Å². The van der Waals surface area contributed by atoms with E-state index in [4.69, 9.17) is 4.43 Å². The van der Waals surface area contributed by atoms with E-state index in [1.165, 1.54) is 10.4 Å². The summed E-state index contributed by atoms with van der Waals surface area (Å²) in [6, 6.07) is 22.1. The molecule has 2 aromatic rings. The maximum atomic E-state index is 12.7. The number of hydrogen-bond acceptors (Lipinski definition) is 2. The van der Waals surface area contributed by atoms with Crippen LogP contribution in [0.3, 0.4) is 0 Å². The van der Waals surface area contributed by atoms with Crippen LogP contribution in [0.15, 0.2) is 83.5 Å². The fourth-order valence-electron chi connectivity index (χ4n) is 8.35. The van der Waals surface area contributed by atoms with E-state index in [2.05, 4.69) is 94.4 Å². The summed E-state index contributed by atoms with van der Waals surface area (Å²) < 4.78 is 7.54. The normalized spacial score (nSPS) is 29.9. The van der Waals surface area contributed by atoms with E-state index in [9.17, 15) is 4.79 Å². The molecule has 0 amide bonds. The molecule has 4 atom stereocenters. The first-order valence-electron chi connectivity index (χ1n) is 14.5. The van der Waals surface area contributed by atoms with Gasteiger partial charge in [-0.05, 0) is 66.3 Å². The van der Waals surface area contributed by atoms with E-state index in [0.29, 0.717) is 17.6 Å². The molecule has 0 bridgehead atoms. The molecular weight excluding hydrogens is 468 g/mol. The van der Waals surface area contributed by atoms with Crippen LogP contribution in [0.25, 0.3) is 0 Å². The van der Waals surface area contributed by atoms with E-state index in [1.54, 1.807) is 16.7 Å². The number of hydrogen-bond donors (Lipinski definition) is 0. The van der Waals surface area contributed by atoms with Gasteiger partial charge in [0.25, 0.3) is 8.32 Å².